The number of nitrogens with one attached hydrogen (secondary N) is 1. The normalized spacial score (nSPS) is 21.1. The van der Waals surface area contributed by atoms with Gasteiger partial charge < -0.3 is 15.2 Å². The number of halogens is 1. The molecular formula is C15H18FNO4. The van der Waals surface area contributed by atoms with Crippen LogP contribution in [-0.2, 0) is 16.0 Å². The van der Waals surface area contributed by atoms with Crippen LogP contribution in [0.3, 0.4) is 0 Å². The summed E-state index contributed by atoms with van der Waals surface area (Å²) in [7, 11) is 1.46. The van der Waals surface area contributed by atoms with E-state index in [2.05, 4.69) is 5.32 Å². The Morgan fingerprint density at radius 1 is 1.52 bits per heavy atom. The largest absolute Gasteiger partial charge is 0.497 e. The fourth-order valence-corrected chi connectivity index (χ4v) is 2.69. The first-order chi connectivity index (χ1) is 9.94. The van der Waals surface area contributed by atoms with Crippen molar-refractivity contribution in [3.8, 4) is 5.75 Å². The summed E-state index contributed by atoms with van der Waals surface area (Å²) in [5.41, 5.74) is -0.228. The lowest BCUT2D eigenvalue weighted by molar-refractivity contribution is -0.137. The molecule has 1 saturated heterocycles. The molecule has 1 aromatic carbocycles. The van der Waals surface area contributed by atoms with Gasteiger partial charge in [-0.15, -0.1) is 0 Å². The minimum Gasteiger partial charge on any atom is -0.497 e. The molecule has 0 aliphatic carbocycles. The average molecular weight is 295 g/mol. The molecule has 1 heterocycles. The lowest BCUT2D eigenvalue weighted by atomic mass is 9.85. The highest BCUT2D eigenvalue weighted by Gasteiger charge is 2.38. The van der Waals surface area contributed by atoms with E-state index in [-0.39, 0.29) is 18.7 Å². The van der Waals surface area contributed by atoms with Crippen LogP contribution in [0.1, 0.15) is 31.2 Å². The van der Waals surface area contributed by atoms with E-state index in [1.165, 1.54) is 13.2 Å². The van der Waals surface area contributed by atoms with E-state index in [1.54, 1.807) is 12.1 Å². The Balaban J connectivity index is 2.19. The topological polar surface area (TPSA) is 75.6 Å². The van der Waals surface area contributed by atoms with Crippen molar-refractivity contribution in [1.82, 2.24) is 5.32 Å². The van der Waals surface area contributed by atoms with Crippen molar-refractivity contribution in [1.29, 1.82) is 0 Å². The Morgan fingerprint density at radius 3 is 2.81 bits per heavy atom. The van der Waals surface area contributed by atoms with Crippen LogP contribution in [-0.4, -0.2) is 29.6 Å². The zero-order valence-corrected chi connectivity index (χ0v) is 11.8. The Hall–Kier alpha value is -2.11. The standard InChI is InChI=1S/C15H18FNO4/c1-21-11-3-2-10(12(16)8-11)9-15(7-5-14(19)20)6-4-13(18)17-15/h2-3,8H,4-7,9H2,1H3,(H,17,18)(H,19,20)/t15-/m1/s1. The molecule has 0 bridgehead atoms. The summed E-state index contributed by atoms with van der Waals surface area (Å²) in [5, 5.41) is 11.7. The van der Waals surface area contributed by atoms with E-state index in [9.17, 15) is 14.0 Å². The average Bonchev–Trinajstić information content (AvgIpc) is 2.81. The number of ether oxygens (including phenoxy) is 1. The van der Waals surface area contributed by atoms with Crippen molar-refractivity contribution >= 4 is 11.9 Å². The number of carboxylic acid groups (broad SMARTS) is 1. The number of amides is 1. The highest BCUT2D eigenvalue weighted by atomic mass is 19.1. The smallest absolute Gasteiger partial charge is 0.303 e. The maximum Gasteiger partial charge on any atom is 0.303 e. The van der Waals surface area contributed by atoms with Gasteiger partial charge in [0, 0.05) is 24.4 Å². The van der Waals surface area contributed by atoms with Crippen molar-refractivity contribution in [3.63, 3.8) is 0 Å². The van der Waals surface area contributed by atoms with Crippen LogP contribution in [0.5, 0.6) is 5.75 Å². The first-order valence-electron chi connectivity index (χ1n) is 6.79. The van der Waals surface area contributed by atoms with Crippen molar-refractivity contribution in [2.24, 2.45) is 0 Å². The fraction of sp³-hybridized carbons (Fsp3) is 0.467. The molecule has 0 unspecified atom stereocenters. The maximum absolute atomic E-state index is 14.0. The van der Waals surface area contributed by atoms with Crippen molar-refractivity contribution < 1.29 is 23.8 Å². The predicted octanol–water partition coefficient (Wildman–Crippen LogP) is 1.89. The quantitative estimate of drug-likeness (QED) is 0.840. The molecule has 114 valence electrons. The summed E-state index contributed by atoms with van der Waals surface area (Å²) >= 11 is 0. The zero-order valence-electron chi connectivity index (χ0n) is 11.8. The molecule has 0 spiro atoms. The van der Waals surface area contributed by atoms with Crippen LogP contribution in [0.2, 0.25) is 0 Å². The number of hydrogen-bond donors (Lipinski definition) is 2. The molecule has 0 radical (unpaired) electrons. The predicted molar refractivity (Wildman–Crippen MR) is 73.6 cm³/mol. The van der Waals surface area contributed by atoms with Gasteiger partial charge >= 0.3 is 5.97 Å². The molecule has 0 saturated carbocycles. The molecule has 1 aliphatic heterocycles. The minimum absolute atomic E-state index is 0.0575. The van der Waals surface area contributed by atoms with Gasteiger partial charge in [0.2, 0.25) is 5.91 Å². The third-order valence-electron chi connectivity index (χ3n) is 3.84. The van der Waals surface area contributed by atoms with Crippen LogP contribution >= 0.6 is 0 Å². The highest BCUT2D eigenvalue weighted by molar-refractivity contribution is 5.79. The summed E-state index contributed by atoms with van der Waals surface area (Å²) in [4.78, 5) is 22.3. The molecule has 1 atom stereocenters. The van der Waals surface area contributed by atoms with Crippen LogP contribution in [0.15, 0.2) is 18.2 Å². The van der Waals surface area contributed by atoms with Crippen LogP contribution in [0.4, 0.5) is 4.39 Å². The molecule has 1 aliphatic rings. The first kappa shape index (κ1) is 15.3. The van der Waals surface area contributed by atoms with E-state index in [4.69, 9.17) is 9.84 Å². The Morgan fingerprint density at radius 2 is 2.29 bits per heavy atom. The van der Waals surface area contributed by atoms with Crippen LogP contribution in [0, 0.1) is 5.82 Å². The van der Waals surface area contributed by atoms with Gasteiger partial charge in [-0.25, -0.2) is 4.39 Å². The number of carbonyl (C=O) groups is 2. The molecule has 2 rings (SSSR count). The SMILES string of the molecule is COc1ccc(C[C@]2(CCC(=O)O)CCC(=O)N2)c(F)c1. The van der Waals surface area contributed by atoms with E-state index < -0.39 is 17.3 Å². The third-order valence-corrected chi connectivity index (χ3v) is 3.84. The zero-order chi connectivity index (χ0) is 15.5. The Labute approximate surface area is 122 Å². The van der Waals surface area contributed by atoms with Crippen molar-refractivity contribution in [2.75, 3.05) is 7.11 Å². The van der Waals surface area contributed by atoms with Crippen LogP contribution in [0.25, 0.3) is 0 Å². The summed E-state index contributed by atoms with van der Waals surface area (Å²) in [6.07, 6.45) is 1.38. The van der Waals surface area contributed by atoms with Gasteiger partial charge in [0.25, 0.3) is 0 Å². The fourth-order valence-electron chi connectivity index (χ4n) is 2.69. The molecule has 1 aromatic rings. The molecule has 21 heavy (non-hydrogen) atoms. The lowest BCUT2D eigenvalue weighted by Crippen LogP contribution is -2.44. The second-order valence-electron chi connectivity index (χ2n) is 5.36. The van der Waals surface area contributed by atoms with Crippen molar-refractivity contribution in [3.05, 3.63) is 29.6 Å². The van der Waals surface area contributed by atoms with Gasteiger partial charge in [0.1, 0.15) is 11.6 Å². The summed E-state index contributed by atoms with van der Waals surface area (Å²) in [6, 6.07) is 4.55. The van der Waals surface area contributed by atoms with Gasteiger partial charge in [-0.1, -0.05) is 6.07 Å². The van der Waals surface area contributed by atoms with Gasteiger partial charge in [0.15, 0.2) is 0 Å². The molecular weight excluding hydrogens is 277 g/mol. The molecule has 5 nitrogen and oxygen atoms in total. The molecule has 6 heteroatoms. The Kier molecular flexibility index (Phi) is 4.45. The van der Waals surface area contributed by atoms with Gasteiger partial charge in [-0.3, -0.25) is 9.59 Å². The van der Waals surface area contributed by atoms with Gasteiger partial charge in [0.05, 0.1) is 7.11 Å². The summed E-state index contributed by atoms with van der Waals surface area (Å²) in [6.45, 7) is 0. The monoisotopic (exact) mass is 295 g/mol. The van der Waals surface area contributed by atoms with Crippen molar-refractivity contribution in [2.45, 2.75) is 37.6 Å². The number of carboxylic acids is 1. The van der Waals surface area contributed by atoms with E-state index in [0.717, 1.165) is 0 Å². The van der Waals surface area contributed by atoms with Gasteiger partial charge in [-0.05, 0) is 30.9 Å². The highest BCUT2D eigenvalue weighted by Crippen LogP contribution is 2.31. The van der Waals surface area contributed by atoms with Crippen LogP contribution < -0.4 is 10.1 Å². The lowest BCUT2D eigenvalue weighted by Gasteiger charge is -2.29. The third kappa shape index (κ3) is 3.71. The molecule has 0 aromatic heterocycles. The number of benzene rings is 1. The van der Waals surface area contributed by atoms with E-state index in [0.29, 0.717) is 30.6 Å². The molecule has 2 N–H and O–H groups in total. The van der Waals surface area contributed by atoms with Gasteiger partial charge in [-0.2, -0.15) is 0 Å². The summed E-state index contributed by atoms with van der Waals surface area (Å²) < 4.78 is 19.0. The molecule has 1 amide bonds. The first-order valence-corrected chi connectivity index (χ1v) is 6.79. The number of rotatable bonds is 6. The van der Waals surface area contributed by atoms with E-state index >= 15 is 0 Å². The maximum atomic E-state index is 14.0. The number of methoxy groups -OCH3 is 1. The number of hydrogen-bond acceptors (Lipinski definition) is 3. The summed E-state index contributed by atoms with van der Waals surface area (Å²) in [5.74, 6) is -1.03. The Bertz CT molecular complexity index is 561. The van der Waals surface area contributed by atoms with E-state index in [1.807, 2.05) is 0 Å². The second-order valence-corrected chi connectivity index (χ2v) is 5.36. The minimum atomic E-state index is -0.925. The second kappa shape index (κ2) is 6.11. The number of aliphatic carboxylic acids is 1. The molecule has 1 fully saturated rings. The number of carbonyl (C=O) groups excluding carboxylic acids is 1.